The molecule has 0 bridgehead atoms. The fraction of sp³-hybridized carbons (Fsp3) is 0.0909. The van der Waals surface area contributed by atoms with Gasteiger partial charge in [0, 0.05) is 26.8 Å². The summed E-state index contributed by atoms with van der Waals surface area (Å²) in [5.74, 6) is -2.68. The maximum atomic E-state index is 12.0. The molecule has 0 unspecified atom stereocenters. The topological polar surface area (TPSA) is 1220 Å². The van der Waals surface area contributed by atoms with Gasteiger partial charge in [0.15, 0.2) is 23.6 Å². The van der Waals surface area contributed by atoms with Crippen LogP contribution in [-0.2, 0) is 146 Å². The molecule has 0 saturated carbocycles. The number of halogens is 14. The number of aromatic amines is 2. The third-order valence-corrected chi connectivity index (χ3v) is 2.97. The molecular formula is C22H53AsCl12F2N28O31Pt7Se-22. The number of carbonyl (C=O) groups excluding carboxylic acids is 4. The number of carbonyl (C=O) groups is 2. The van der Waals surface area contributed by atoms with Crippen LogP contribution in [0, 0.1) is 103 Å². The van der Waals surface area contributed by atoms with Crippen LogP contribution in [0.25, 0.3) is 91.0 Å². The van der Waals surface area contributed by atoms with Crippen LogP contribution in [0.15, 0.2) is 88.4 Å². The van der Waals surface area contributed by atoms with E-state index in [4.69, 9.17) is 262 Å². The Kier molecular flexibility index (Phi) is 590. The Morgan fingerprint density at radius 3 is 1.01 bits per heavy atom. The number of aromatic nitrogens is 4. The van der Waals surface area contributed by atoms with Crippen molar-refractivity contribution >= 4 is 162 Å². The molecule has 0 aliphatic carbocycles. The van der Waals surface area contributed by atoms with Gasteiger partial charge in [-0.05, 0) is 12.8 Å². The first-order chi connectivity index (χ1) is 42.3. The Morgan fingerprint density at radius 1 is 0.673 bits per heavy atom. The number of nitrogens with zero attached hydrogens (tertiary/aromatic N) is 9. The van der Waals surface area contributed by atoms with Gasteiger partial charge in [0.2, 0.25) is 17.3 Å². The van der Waals surface area contributed by atoms with E-state index in [0.29, 0.717) is 24.5 Å². The van der Waals surface area contributed by atoms with E-state index < -0.39 is 176 Å². The number of aromatic hydroxyl groups is 2. The predicted molar refractivity (Wildman–Crippen MR) is 362 cm³/mol. The van der Waals surface area contributed by atoms with Crippen LogP contribution < -0.4 is 32.9 Å². The third kappa shape index (κ3) is 531. The van der Waals surface area contributed by atoms with Gasteiger partial charge in [-0.1, -0.05) is 12.1 Å². The molecule has 2 radical (unpaired) electrons. The summed E-state index contributed by atoms with van der Waals surface area (Å²) in [5, 5.41) is 103. The number of benzene rings is 1. The van der Waals surface area contributed by atoms with E-state index in [1.807, 2.05) is 4.98 Å². The second-order valence-corrected chi connectivity index (χ2v) is 27.4. The number of urea groups is 2. The molecule has 0 spiro atoms. The minimum Gasteiger partial charge on any atom is -0.693 e. The van der Waals surface area contributed by atoms with Crippen LogP contribution >= 0.6 is 113 Å². The van der Waals surface area contributed by atoms with Gasteiger partial charge in [-0.15, -0.1) is 49.0 Å². The molecule has 668 valence electrons. The van der Waals surface area contributed by atoms with Gasteiger partial charge in [-0.25, -0.2) is 15.6 Å². The number of H-pyrrole nitrogens is 2. The fourth-order valence-electron chi connectivity index (χ4n) is 1.38. The SMILES string of the molecule is O=C=O.O=N[O-].O=N[O-].O=N[O-].O=N[O-].O=N[O-].O=N[O-].O=N[O-].O=[As]=O.O=[Se]O.O=c1[n-]c(=O)c(F)c[nH]1.O=c1ncc(F)c(O)[nH]1.OO[CH-]c1ccccc1O.[CH2-]CC[NH-].[CH3-].[Cl][Pt+2][Cl].[Cl][Pt+2][Cl].[Cl][Pt][Cl].[Cl][Pt][Cl].[Cl][Pt][Cl].[Cl][Pt][Cl].[NH-]C(=O)NO.[NH-]C(=O)NO.[NH2-].[NH2-].[NH2-].[NH2-].[NH2-].[NH2-].[NH2-].[NH2-].[NH2-].[NH2-].[NH2-].[NH2-].[Pt]. The third-order valence-electron chi connectivity index (χ3n) is 2.97. The van der Waals surface area contributed by atoms with E-state index in [-0.39, 0.29) is 114 Å². The molecule has 59 nitrogen and oxygen atoms in total. The van der Waals surface area contributed by atoms with Crippen molar-refractivity contribution in [3.8, 4) is 11.6 Å². The van der Waals surface area contributed by atoms with Crippen molar-refractivity contribution < 1.29 is 194 Å². The van der Waals surface area contributed by atoms with E-state index in [1.165, 1.54) is 6.07 Å². The average Bonchev–Trinajstić information content (AvgIpc) is 3.46. The van der Waals surface area contributed by atoms with Crippen LogP contribution in [0.4, 0.5) is 18.4 Å². The van der Waals surface area contributed by atoms with Crippen LogP contribution in [0.2, 0.25) is 0 Å². The molecule has 4 amide bonds. The van der Waals surface area contributed by atoms with Gasteiger partial charge in [0.1, 0.15) is 0 Å². The molecule has 3 rings (SSSR count). The van der Waals surface area contributed by atoms with Crippen molar-refractivity contribution in [3.63, 3.8) is 0 Å². The van der Waals surface area contributed by atoms with Crippen LogP contribution in [-0.4, -0.2) is 101 Å². The number of para-hydroxylation sites is 1. The molecule has 3 aromatic rings. The molecule has 0 saturated heterocycles. The number of rotatable bonds is 3. The van der Waals surface area contributed by atoms with Crippen molar-refractivity contribution in [1.29, 1.82) is 0 Å². The normalized spacial score (nSPS) is 5.81. The van der Waals surface area contributed by atoms with Crippen LogP contribution in [0.5, 0.6) is 11.6 Å². The van der Waals surface area contributed by atoms with E-state index in [2.05, 4.69) is 21.8 Å². The minimum atomic E-state index is -1.81. The monoisotopic (exact) mass is 3180 g/mol. The quantitative estimate of drug-likeness (QED) is 0.0291. The Hall–Kier alpha value is -2.11. The zero-order valence-electron chi connectivity index (χ0n) is 48.4. The van der Waals surface area contributed by atoms with Gasteiger partial charge in [0.05, 0.1) is 6.20 Å². The van der Waals surface area contributed by atoms with Crippen molar-refractivity contribution in [2.45, 2.75) is 6.42 Å². The van der Waals surface area contributed by atoms with E-state index in [1.54, 1.807) is 23.2 Å². The number of hydrogen-bond donors (Lipinski definition) is 10. The van der Waals surface area contributed by atoms with Gasteiger partial charge in [-0.2, -0.15) is 31.6 Å². The molecule has 82 heteroatoms. The van der Waals surface area contributed by atoms with Gasteiger partial charge in [0.25, 0.3) is 0 Å². The Bertz CT molecular complexity index is 2060. The summed E-state index contributed by atoms with van der Waals surface area (Å²) < 4.78 is 56.5. The molecular weight excluding hydrogens is 3140 g/mol. The van der Waals surface area contributed by atoms with Crippen LogP contribution in [0.1, 0.15) is 12.0 Å². The average molecular weight is 3190 g/mol. The zero-order chi connectivity index (χ0) is 76.4. The number of nitrogens with two attached hydrogens (primary N) is 12. The maximum absolute atomic E-state index is 12.0. The largest absolute Gasteiger partial charge is 0.693 e. The maximum Gasteiger partial charge on any atom is 0.169 e. The van der Waals surface area contributed by atoms with E-state index >= 15 is 0 Å². The number of amides is 4. The number of hydrogen-bond acceptors (Lipinski definition) is 38. The Morgan fingerprint density at radius 2 is 0.875 bits per heavy atom. The molecule has 2 heterocycles. The summed E-state index contributed by atoms with van der Waals surface area (Å²) in [6, 6.07) is 4.15. The van der Waals surface area contributed by atoms with Crippen LogP contribution in [0.3, 0.4) is 0 Å². The smallest absolute Gasteiger partial charge is 0.169 e. The van der Waals surface area contributed by atoms with Gasteiger partial charge in [-0.3, -0.25) is 34.3 Å². The molecule has 0 aliphatic rings. The van der Waals surface area contributed by atoms with Gasteiger partial charge < -0.3 is 218 Å². The number of nitrogens with one attached hydrogen (secondary N) is 7. The first-order valence-electron chi connectivity index (χ1n) is 15.3. The number of phenols is 1. The molecule has 0 fully saturated rings. The molecule has 0 aliphatic heterocycles. The molecule has 104 heavy (non-hydrogen) atoms. The Balaban J connectivity index is -0.0000000166. The molecule has 1 aromatic carbocycles. The number of phenolic OH excluding ortho intramolecular Hbond substituents is 1. The molecule has 37 N–H and O–H groups in total. The van der Waals surface area contributed by atoms with Crippen molar-refractivity contribution in [3.05, 3.63) is 268 Å². The zero-order valence-corrected chi connectivity index (χ0v) is 76.9. The fourth-order valence-corrected chi connectivity index (χ4v) is 1.38. The summed E-state index contributed by atoms with van der Waals surface area (Å²) in [6.07, 6.45) is 2.31. The minimum absolute atomic E-state index is 0. The second-order valence-electron chi connectivity index (χ2n) is 7.04. The summed E-state index contributed by atoms with van der Waals surface area (Å²) in [7, 11) is 58.5. The van der Waals surface area contributed by atoms with E-state index in [9.17, 15) is 23.2 Å². The van der Waals surface area contributed by atoms with Gasteiger partial charge >= 0.3 is 270 Å². The summed E-state index contributed by atoms with van der Waals surface area (Å²) in [6.45, 7) is 4.93. The predicted octanol–water partition coefficient (Wildman–Crippen LogP) is 18.2. The summed E-state index contributed by atoms with van der Waals surface area (Å²) >= 11 is -6.02. The second kappa shape index (κ2) is 281. The first-order valence-corrected chi connectivity index (χ1v) is 52.1. The Labute approximate surface area is 708 Å². The standard InChI is InChI=1S/C7H7O3.2C4H3FN2O2.C3H7N.2CH4N2O2.CO2.CH3.AsO2.12ClH.7HNO2.12H2N.HO2Se.7Pt/c8-7-4-2-1-3-6(7)5-10-9;2*5-2-1-6-4(9)7-3(2)8;1-2-3-4;2*2-1(4)3-5;2-1-3;;2-1-3;;;;;;;;;;;;;7*2-1-3;;;;;;;;;;;;;1-3-2;;;;;;;/h1-5,8-9H;2*1H,(H2,6,7,8,9);4H,1-3H2;2*(H4,2,3,4,5);;1H3;;12*1H;7*(H,2,3);12*1H2;(H,1,2);;;;;;;/q-1;;;-2;;;;-1;;;;;;;;;;;;;;;;;;;;;12*-1;;;4*+2;2*+4/p-22. The summed E-state index contributed by atoms with van der Waals surface area (Å²) in [4.78, 5) is 134. The first kappa shape index (κ1) is 219. The van der Waals surface area contributed by atoms with Crippen molar-refractivity contribution in [2.75, 3.05) is 6.54 Å². The summed E-state index contributed by atoms with van der Waals surface area (Å²) in [5.41, 5.74) is 17.9. The molecule has 2 aromatic heterocycles. The molecule has 0 atom stereocenters. The van der Waals surface area contributed by atoms with Crippen molar-refractivity contribution in [1.82, 2.24) is 30.9 Å². The van der Waals surface area contributed by atoms with Crippen molar-refractivity contribution in [2.24, 2.45) is 37.4 Å². The number of hydroxylamine groups is 2. The van der Waals surface area contributed by atoms with E-state index in [0.717, 1.165) is 61.4 Å².